The third-order valence-corrected chi connectivity index (χ3v) is 7.67. The summed E-state index contributed by atoms with van der Waals surface area (Å²) in [4.78, 5) is 18.9. The molecule has 0 radical (unpaired) electrons. The van der Waals surface area contributed by atoms with Crippen LogP contribution in [-0.2, 0) is 14.3 Å². The monoisotopic (exact) mass is 517 g/mol. The molecule has 196 valence electrons. The summed E-state index contributed by atoms with van der Waals surface area (Å²) < 4.78 is 11.6. The van der Waals surface area contributed by atoms with Crippen LogP contribution in [0.15, 0.2) is 42.7 Å². The van der Waals surface area contributed by atoms with Gasteiger partial charge in [0.2, 0.25) is 5.91 Å². The smallest absolute Gasteiger partial charge is 0.226 e. The van der Waals surface area contributed by atoms with Crippen LogP contribution in [0.4, 0.5) is 0 Å². The van der Waals surface area contributed by atoms with Crippen molar-refractivity contribution in [3.63, 3.8) is 0 Å². The van der Waals surface area contributed by atoms with Gasteiger partial charge in [-0.2, -0.15) is 0 Å². The van der Waals surface area contributed by atoms with Crippen molar-refractivity contribution < 1.29 is 24.5 Å². The quantitative estimate of drug-likeness (QED) is 0.468. The van der Waals surface area contributed by atoms with Gasteiger partial charge in [-0.25, -0.2) is 0 Å². The molecular weight excluding hydrogens is 482 g/mol. The van der Waals surface area contributed by atoms with Crippen LogP contribution in [0.25, 0.3) is 11.1 Å². The fraction of sp³-hybridized carbons (Fsp3) is 0.556. The minimum absolute atomic E-state index is 0.00849. The number of nitrogens with zero attached hydrogens (tertiary/aromatic N) is 2. The van der Waals surface area contributed by atoms with Crippen molar-refractivity contribution in [2.24, 2.45) is 11.7 Å². The Kier molecular flexibility index (Phi) is 9.33. The topological polar surface area (TPSA) is 118 Å². The molecule has 4 rings (SSSR count). The van der Waals surface area contributed by atoms with Crippen LogP contribution in [0.1, 0.15) is 43.8 Å². The van der Waals surface area contributed by atoms with Crippen LogP contribution in [0.3, 0.4) is 0 Å². The van der Waals surface area contributed by atoms with Gasteiger partial charge in [0.25, 0.3) is 0 Å². The second-order valence-corrected chi connectivity index (χ2v) is 10.2. The normalized spacial score (nSPS) is 26.1. The molecule has 0 bridgehead atoms. The Balaban J connectivity index is 1.33. The summed E-state index contributed by atoms with van der Waals surface area (Å²) in [6.07, 6.45) is 4.33. The van der Waals surface area contributed by atoms with Crippen LogP contribution in [-0.4, -0.2) is 77.2 Å². The van der Waals surface area contributed by atoms with Crippen LogP contribution in [0.2, 0.25) is 5.02 Å². The van der Waals surface area contributed by atoms with Crippen LogP contribution < -0.4 is 5.73 Å². The highest BCUT2D eigenvalue weighted by Crippen LogP contribution is 2.37. The molecule has 1 aromatic heterocycles. The number of methoxy groups -OCH3 is 1. The number of hydrogen-bond donors (Lipinski definition) is 3. The van der Waals surface area contributed by atoms with Crippen LogP contribution in [0.5, 0.6) is 0 Å². The van der Waals surface area contributed by atoms with Gasteiger partial charge in [-0.3, -0.25) is 9.78 Å². The lowest BCUT2D eigenvalue weighted by Gasteiger charge is -2.36. The van der Waals surface area contributed by atoms with Crippen molar-refractivity contribution >= 4 is 17.5 Å². The van der Waals surface area contributed by atoms with Gasteiger partial charge in [0.1, 0.15) is 6.10 Å². The van der Waals surface area contributed by atoms with Crippen molar-refractivity contribution in [2.45, 2.75) is 62.6 Å². The average Bonchev–Trinajstić information content (AvgIpc) is 3.24. The van der Waals surface area contributed by atoms with Gasteiger partial charge in [-0.05, 0) is 49.8 Å². The largest absolute Gasteiger partial charge is 0.391 e. The summed E-state index contributed by atoms with van der Waals surface area (Å²) in [6, 6.07) is 9.28. The standard InChI is InChI=1S/C27H36ClN3O5/c1-35-24(19-6-2-7-20(28)26(19)17-5-4-10-30-15-17)9-3-8-22(32)25-16-31(11-12-36-25)27(34)18-13-21(29)23(33)14-18/h2,4-7,10,15,18,21-25,32-33H,3,8-9,11-14,16,29H2,1H3. The maximum Gasteiger partial charge on any atom is 0.226 e. The highest BCUT2D eigenvalue weighted by atomic mass is 35.5. The minimum atomic E-state index is -0.702. The summed E-state index contributed by atoms with van der Waals surface area (Å²) >= 11 is 6.56. The molecule has 6 unspecified atom stereocenters. The van der Waals surface area contributed by atoms with Gasteiger partial charge in [-0.1, -0.05) is 29.8 Å². The first-order chi connectivity index (χ1) is 17.4. The van der Waals surface area contributed by atoms with E-state index in [1.165, 1.54) is 0 Å². The maximum atomic E-state index is 12.9. The van der Waals surface area contributed by atoms with Crippen molar-refractivity contribution in [3.05, 3.63) is 53.3 Å². The molecule has 1 saturated carbocycles. The zero-order valence-electron chi connectivity index (χ0n) is 20.6. The Morgan fingerprint density at radius 3 is 2.83 bits per heavy atom. The summed E-state index contributed by atoms with van der Waals surface area (Å²) in [6.45, 7) is 1.21. The summed E-state index contributed by atoms with van der Waals surface area (Å²) in [5.41, 5.74) is 8.70. The Morgan fingerprint density at radius 2 is 2.14 bits per heavy atom. The molecule has 2 heterocycles. The molecule has 1 aliphatic carbocycles. The Labute approximate surface area is 217 Å². The first kappa shape index (κ1) is 27.0. The SMILES string of the molecule is COC(CCCC(O)C1CN(C(=O)C2CC(N)C(O)C2)CCO1)c1cccc(Cl)c1-c1cccnc1. The molecule has 4 N–H and O–H groups in total. The maximum absolute atomic E-state index is 12.9. The number of aliphatic hydroxyl groups excluding tert-OH is 2. The molecule has 9 heteroatoms. The highest BCUT2D eigenvalue weighted by molar-refractivity contribution is 6.33. The predicted octanol–water partition coefficient (Wildman–Crippen LogP) is 2.95. The number of hydrogen-bond acceptors (Lipinski definition) is 7. The third kappa shape index (κ3) is 6.25. The molecule has 1 aliphatic heterocycles. The lowest BCUT2D eigenvalue weighted by Crippen LogP contribution is -2.51. The van der Waals surface area contributed by atoms with E-state index in [-0.39, 0.29) is 24.0 Å². The van der Waals surface area contributed by atoms with Gasteiger partial charge in [0.05, 0.1) is 24.9 Å². The van der Waals surface area contributed by atoms with E-state index >= 15 is 0 Å². The second-order valence-electron chi connectivity index (χ2n) is 9.76. The van der Waals surface area contributed by atoms with E-state index in [1.54, 1.807) is 24.4 Å². The number of pyridine rings is 1. The van der Waals surface area contributed by atoms with Crippen molar-refractivity contribution in [1.82, 2.24) is 9.88 Å². The molecule has 1 saturated heterocycles. The summed E-state index contributed by atoms with van der Waals surface area (Å²) in [5.74, 6) is -0.272. The zero-order chi connectivity index (χ0) is 25.7. The summed E-state index contributed by atoms with van der Waals surface area (Å²) in [5, 5.41) is 21.4. The number of rotatable bonds is 9. The van der Waals surface area contributed by atoms with Gasteiger partial charge in [-0.15, -0.1) is 0 Å². The molecule has 2 fully saturated rings. The van der Waals surface area contributed by atoms with E-state index in [0.29, 0.717) is 56.8 Å². The number of carbonyl (C=O) groups is 1. The second kappa shape index (κ2) is 12.4. The van der Waals surface area contributed by atoms with Crippen molar-refractivity contribution in [3.8, 4) is 11.1 Å². The van der Waals surface area contributed by atoms with Gasteiger partial charge in [0.15, 0.2) is 0 Å². The Morgan fingerprint density at radius 1 is 1.31 bits per heavy atom. The third-order valence-electron chi connectivity index (χ3n) is 7.35. The number of carbonyl (C=O) groups excluding carboxylic acids is 1. The number of aliphatic hydroxyl groups is 2. The summed E-state index contributed by atoms with van der Waals surface area (Å²) in [7, 11) is 1.68. The number of amides is 1. The fourth-order valence-corrected chi connectivity index (χ4v) is 5.63. The van der Waals surface area contributed by atoms with Crippen LogP contribution >= 0.6 is 11.6 Å². The van der Waals surface area contributed by atoms with E-state index < -0.39 is 18.3 Å². The zero-order valence-corrected chi connectivity index (χ0v) is 21.4. The number of halogens is 1. The number of benzene rings is 1. The first-order valence-electron chi connectivity index (χ1n) is 12.6. The molecule has 6 atom stereocenters. The highest BCUT2D eigenvalue weighted by Gasteiger charge is 2.39. The molecule has 8 nitrogen and oxygen atoms in total. The van der Waals surface area contributed by atoms with E-state index in [9.17, 15) is 15.0 Å². The van der Waals surface area contributed by atoms with E-state index in [1.807, 2.05) is 30.3 Å². The Hall–Kier alpha value is -2.07. The lowest BCUT2D eigenvalue weighted by molar-refractivity contribution is -0.148. The molecule has 1 aromatic carbocycles. The van der Waals surface area contributed by atoms with E-state index in [4.69, 9.17) is 26.8 Å². The average molecular weight is 518 g/mol. The number of ether oxygens (including phenoxy) is 2. The Bertz CT molecular complexity index is 1000. The minimum Gasteiger partial charge on any atom is -0.391 e. The molecule has 2 aliphatic rings. The van der Waals surface area contributed by atoms with E-state index in [2.05, 4.69) is 4.98 Å². The van der Waals surface area contributed by atoms with Crippen molar-refractivity contribution in [2.75, 3.05) is 26.8 Å². The van der Waals surface area contributed by atoms with Crippen molar-refractivity contribution in [1.29, 1.82) is 0 Å². The number of morpholine rings is 1. The lowest BCUT2D eigenvalue weighted by atomic mass is 9.93. The fourth-order valence-electron chi connectivity index (χ4n) is 5.34. The molecule has 0 spiro atoms. The van der Waals surface area contributed by atoms with Gasteiger partial charge in [0, 0.05) is 60.7 Å². The predicted molar refractivity (Wildman–Crippen MR) is 137 cm³/mol. The van der Waals surface area contributed by atoms with Gasteiger partial charge < -0.3 is 30.3 Å². The van der Waals surface area contributed by atoms with Gasteiger partial charge >= 0.3 is 0 Å². The molecule has 2 aromatic rings. The number of nitrogens with two attached hydrogens (primary N) is 1. The van der Waals surface area contributed by atoms with E-state index in [0.717, 1.165) is 16.7 Å². The van der Waals surface area contributed by atoms with Crippen LogP contribution in [0, 0.1) is 5.92 Å². The molecule has 1 amide bonds. The number of aromatic nitrogens is 1. The first-order valence-corrected chi connectivity index (χ1v) is 13.0. The molecular formula is C27H36ClN3O5. The molecule has 36 heavy (non-hydrogen) atoms.